The van der Waals surface area contributed by atoms with Gasteiger partial charge in [-0.2, -0.15) is 0 Å². The number of hydrogen-bond donors (Lipinski definition) is 0. The molecule has 40 rings (SSSR count). The molecule has 28 aliphatic carbocycles. The topological polar surface area (TPSA) is 0 Å². The zero-order valence-corrected chi connectivity index (χ0v) is 32.8. The van der Waals surface area contributed by atoms with E-state index in [1.54, 1.807) is 0 Å². The fourth-order valence-electron chi connectivity index (χ4n) is 9.82. The second-order valence-corrected chi connectivity index (χ2v) is 16.5. The number of benzene rings is 12. The highest BCUT2D eigenvalue weighted by molar-refractivity contribution is 6.21. The van der Waals surface area contributed by atoms with Crippen molar-refractivity contribution in [1.82, 2.24) is 0 Å². The molecule has 0 unspecified atom stereocenters. The maximum Gasteiger partial charge on any atom is -0.00988 e. The predicted octanol–water partition coefficient (Wildman–Crippen LogP) is 14.6. The molecule has 0 saturated carbocycles. The van der Waals surface area contributed by atoms with Crippen molar-refractivity contribution in [2.75, 3.05) is 0 Å². The van der Waals surface area contributed by atoms with Crippen molar-refractivity contribution in [3.8, 4) is 0 Å². The summed E-state index contributed by atoms with van der Waals surface area (Å²) in [5.41, 5.74) is 0. The first-order chi connectivity index (χ1) is 29.6. The van der Waals surface area contributed by atoms with Gasteiger partial charge in [0.25, 0.3) is 0 Å². The van der Waals surface area contributed by atoms with Crippen LogP contribution in [0.3, 0.4) is 0 Å². The SMILES string of the molecule is c1cc2ccc1=c1ccc(cc1)=c1ccc(cc1)=c1ccc3c(ccc4cc5c(ccc6cc7c(ccc8cc(ccc87)=c7ccc(cc7)=c7ccc=2cc7)cc65)cc43)c1. The van der Waals surface area contributed by atoms with Gasteiger partial charge in [0.05, 0.1) is 0 Å². The van der Waals surface area contributed by atoms with Gasteiger partial charge in [0.1, 0.15) is 0 Å². The van der Waals surface area contributed by atoms with Gasteiger partial charge in [0.15, 0.2) is 0 Å². The Bertz CT molecular complexity index is 4070. The summed E-state index contributed by atoms with van der Waals surface area (Å²) >= 11 is 0. The lowest BCUT2D eigenvalue weighted by Gasteiger charge is -2.11. The van der Waals surface area contributed by atoms with Gasteiger partial charge in [-0.25, -0.2) is 0 Å². The standard InChI is InChI=1S/C60H36/c1-2-38-4-3-37(1)39-5-9-41(10-6-39)43-13-17-45(18-14-43)47-27-29-55-49(31-47)21-23-51-35-59-53(33-57(51)55)25-26-54-34-58-52(36-60(54)59)24-22-50-32-48(28-30-56(50)58)46-19-15-44(16-20-46)42-11-7-40(38)8-12-42/h1-36H. The zero-order valence-electron chi connectivity index (χ0n) is 32.8. The Morgan fingerprint density at radius 3 is 0.517 bits per heavy atom. The van der Waals surface area contributed by atoms with Gasteiger partial charge < -0.3 is 0 Å². The summed E-state index contributed by atoms with van der Waals surface area (Å²) in [6.07, 6.45) is 0. The molecule has 0 saturated heterocycles. The molecule has 28 aliphatic rings. The van der Waals surface area contributed by atoms with Crippen molar-refractivity contribution in [1.29, 1.82) is 0 Å². The van der Waals surface area contributed by atoms with Crippen LogP contribution in [0.4, 0.5) is 0 Å². The molecule has 0 spiro atoms. The first kappa shape index (κ1) is 33.2. The van der Waals surface area contributed by atoms with E-state index in [1.165, 1.54) is 127 Å². The third-order valence-corrected chi connectivity index (χ3v) is 13.2. The largest absolute Gasteiger partial charge is 0.0538 e. The van der Waals surface area contributed by atoms with Gasteiger partial charge in [-0.1, -0.05) is 182 Å². The van der Waals surface area contributed by atoms with Gasteiger partial charge >= 0.3 is 0 Å². The second kappa shape index (κ2) is 12.9. The van der Waals surface area contributed by atoms with E-state index in [-0.39, 0.29) is 0 Å². The maximum atomic E-state index is 2.40. The molecule has 0 heterocycles. The summed E-state index contributed by atoms with van der Waals surface area (Å²) in [7, 11) is 0. The summed E-state index contributed by atoms with van der Waals surface area (Å²) in [5, 5.41) is 30.0. The molecule has 0 N–H and O–H groups in total. The average molecular weight is 757 g/mol. The Kier molecular flexibility index (Phi) is 7.11. The summed E-state index contributed by atoms with van der Waals surface area (Å²) < 4.78 is 0. The number of rotatable bonds is 0. The zero-order chi connectivity index (χ0) is 39.3. The minimum absolute atomic E-state index is 1.22. The minimum Gasteiger partial charge on any atom is -0.0538 e. The predicted molar refractivity (Wildman–Crippen MR) is 250 cm³/mol. The van der Waals surface area contributed by atoms with Crippen molar-refractivity contribution in [3.63, 3.8) is 0 Å². The molecule has 0 aliphatic heterocycles. The molecular weight excluding hydrogens is 721 g/mol. The first-order valence-corrected chi connectivity index (χ1v) is 20.9. The summed E-state index contributed by atoms with van der Waals surface area (Å²) in [6.45, 7) is 0. The molecule has 276 valence electrons. The molecule has 24 bridgehead atoms. The van der Waals surface area contributed by atoms with E-state index in [1.807, 2.05) is 0 Å². The smallest absolute Gasteiger partial charge is 0.00988 e. The highest BCUT2D eigenvalue weighted by Crippen LogP contribution is 2.36. The van der Waals surface area contributed by atoms with E-state index in [9.17, 15) is 0 Å². The van der Waals surface area contributed by atoms with E-state index >= 15 is 0 Å². The highest BCUT2D eigenvalue weighted by atomic mass is 14.1. The Morgan fingerprint density at radius 2 is 0.283 bits per heavy atom. The van der Waals surface area contributed by atoms with E-state index < -0.39 is 0 Å². The van der Waals surface area contributed by atoms with Crippen LogP contribution >= 0.6 is 0 Å². The van der Waals surface area contributed by atoms with Crippen LogP contribution in [0.1, 0.15) is 0 Å². The Balaban J connectivity index is 1.07. The molecule has 12 aromatic carbocycles. The molecule has 12 aromatic rings. The fraction of sp³-hybridized carbons (Fsp3) is 0. The monoisotopic (exact) mass is 756 g/mol. The third kappa shape index (κ3) is 5.32. The van der Waals surface area contributed by atoms with Crippen molar-refractivity contribution in [2.45, 2.75) is 0 Å². The van der Waals surface area contributed by atoms with E-state index in [2.05, 4.69) is 218 Å². The van der Waals surface area contributed by atoms with Gasteiger partial charge in [0, 0.05) is 0 Å². The van der Waals surface area contributed by atoms with Crippen LogP contribution in [0.25, 0.3) is 64.6 Å². The van der Waals surface area contributed by atoms with Crippen molar-refractivity contribution in [2.24, 2.45) is 0 Å². The normalized spacial score (nSPS) is 12.0. The van der Waals surface area contributed by atoms with Gasteiger partial charge in [0.2, 0.25) is 0 Å². The second-order valence-electron chi connectivity index (χ2n) is 16.5. The van der Waals surface area contributed by atoms with Crippen LogP contribution in [0, 0.1) is 62.6 Å². The average Bonchev–Trinajstić information content (AvgIpc) is 3.32. The van der Waals surface area contributed by atoms with Crippen LogP contribution in [-0.2, 0) is 0 Å². The quantitative estimate of drug-likeness (QED) is 0.107. The summed E-state index contributed by atoms with van der Waals surface area (Å²) in [4.78, 5) is 0. The van der Waals surface area contributed by atoms with Crippen LogP contribution in [0.5, 0.6) is 0 Å². The molecule has 0 amide bonds. The van der Waals surface area contributed by atoms with Crippen LogP contribution in [-0.4, -0.2) is 0 Å². The minimum atomic E-state index is 1.22. The summed E-state index contributed by atoms with van der Waals surface area (Å²) in [6, 6.07) is 82.0. The Morgan fingerprint density at radius 1 is 0.117 bits per heavy atom. The molecule has 60 heavy (non-hydrogen) atoms. The van der Waals surface area contributed by atoms with E-state index in [4.69, 9.17) is 0 Å². The third-order valence-electron chi connectivity index (χ3n) is 13.2. The van der Waals surface area contributed by atoms with Crippen molar-refractivity contribution < 1.29 is 0 Å². The lowest BCUT2D eigenvalue weighted by Crippen LogP contribution is -1.85. The van der Waals surface area contributed by atoms with Crippen LogP contribution in [0.2, 0.25) is 0 Å². The Hall–Kier alpha value is -7.80. The highest BCUT2D eigenvalue weighted by Gasteiger charge is 2.09. The number of hydrogen-bond acceptors (Lipinski definition) is 0. The van der Waals surface area contributed by atoms with Crippen LogP contribution in [0.15, 0.2) is 218 Å². The molecule has 0 aromatic heterocycles. The molecule has 0 radical (unpaired) electrons. The molecular formula is C60H36. The lowest BCUT2D eigenvalue weighted by atomic mass is 9.92. The molecule has 0 atom stereocenters. The van der Waals surface area contributed by atoms with Crippen molar-refractivity contribution in [3.05, 3.63) is 281 Å². The van der Waals surface area contributed by atoms with Gasteiger partial charge in [-0.15, -0.1) is 0 Å². The van der Waals surface area contributed by atoms with Crippen molar-refractivity contribution >= 4 is 64.6 Å². The molecule has 0 nitrogen and oxygen atoms in total. The van der Waals surface area contributed by atoms with Gasteiger partial charge in [-0.05, 0) is 164 Å². The van der Waals surface area contributed by atoms with Crippen LogP contribution < -0.4 is 0 Å². The maximum absolute atomic E-state index is 2.40. The molecule has 0 fully saturated rings. The van der Waals surface area contributed by atoms with E-state index in [0.717, 1.165) is 0 Å². The summed E-state index contributed by atoms with van der Waals surface area (Å²) in [5.74, 6) is 0. The molecule has 0 heteroatoms. The van der Waals surface area contributed by atoms with Gasteiger partial charge in [-0.3, -0.25) is 0 Å². The lowest BCUT2D eigenvalue weighted by molar-refractivity contribution is 1.39. The Labute approximate surface area is 344 Å². The fourth-order valence-corrected chi connectivity index (χ4v) is 9.82. The van der Waals surface area contributed by atoms with E-state index in [0.29, 0.717) is 0 Å². The first-order valence-electron chi connectivity index (χ1n) is 20.9.